The molecule has 10 nitrogen and oxygen atoms in total. The largest absolute Gasteiger partial charge is 0.356 e. The van der Waals surface area contributed by atoms with Crippen LogP contribution in [0.3, 0.4) is 0 Å². The van der Waals surface area contributed by atoms with Crippen LogP contribution < -0.4 is 16.0 Å². The third-order valence-corrected chi connectivity index (χ3v) is 8.98. The average molecular weight is 517 g/mol. The predicted molar refractivity (Wildman–Crippen MR) is 139 cm³/mol. The summed E-state index contributed by atoms with van der Waals surface area (Å²) < 4.78 is 0. The zero-order valence-electron chi connectivity index (χ0n) is 23.8. The average Bonchev–Trinajstić information content (AvgIpc) is 3.15. The fraction of sp³-hybridized carbons (Fsp3) is 0.815. The fourth-order valence-corrected chi connectivity index (χ4v) is 5.69. The second-order valence-corrected chi connectivity index (χ2v) is 13.3. The predicted octanol–water partition coefficient (Wildman–Crippen LogP) is 0.875. The number of hydrogen-bond donors (Lipinski definition) is 3. The normalized spacial score (nSPS) is 28.1. The van der Waals surface area contributed by atoms with Crippen LogP contribution in [0.1, 0.15) is 61.3 Å². The van der Waals surface area contributed by atoms with Crippen LogP contribution in [0.5, 0.6) is 0 Å². The zero-order chi connectivity index (χ0) is 28.1. The van der Waals surface area contributed by atoms with Gasteiger partial charge in [-0.05, 0) is 63.5 Å². The molecule has 0 spiro atoms. The quantitative estimate of drug-likeness (QED) is 0.438. The number of hydrogen-bond acceptors (Lipinski definition) is 6. The van der Waals surface area contributed by atoms with Gasteiger partial charge in [-0.25, -0.2) is 0 Å². The van der Waals surface area contributed by atoms with Gasteiger partial charge in [-0.2, -0.15) is 5.26 Å². The first-order chi connectivity index (χ1) is 16.9. The van der Waals surface area contributed by atoms with Crippen molar-refractivity contribution in [1.29, 1.82) is 5.26 Å². The van der Waals surface area contributed by atoms with Crippen molar-refractivity contribution in [2.24, 2.45) is 28.6 Å². The number of amides is 4. The molecule has 10 heteroatoms. The van der Waals surface area contributed by atoms with Crippen molar-refractivity contribution in [1.82, 2.24) is 25.8 Å². The molecule has 1 saturated carbocycles. The van der Waals surface area contributed by atoms with Crippen LogP contribution >= 0.6 is 0 Å². The molecule has 0 aromatic heterocycles. The highest BCUT2D eigenvalue weighted by atomic mass is 16.2. The van der Waals surface area contributed by atoms with E-state index < -0.39 is 29.1 Å². The number of piperidine rings is 1. The molecule has 1 aliphatic carbocycles. The maximum atomic E-state index is 14.0. The molecule has 0 radical (unpaired) electrons. The Balaban J connectivity index is 1.82. The Morgan fingerprint density at radius 2 is 1.81 bits per heavy atom. The van der Waals surface area contributed by atoms with Crippen LogP contribution in [0.15, 0.2) is 0 Å². The second-order valence-electron chi connectivity index (χ2n) is 13.3. The van der Waals surface area contributed by atoms with Crippen molar-refractivity contribution >= 4 is 23.6 Å². The zero-order valence-corrected chi connectivity index (χ0v) is 23.8. The highest BCUT2D eigenvalue weighted by molar-refractivity contribution is 5.95. The summed E-state index contributed by atoms with van der Waals surface area (Å²) in [6.07, 6.45) is 0.876. The van der Waals surface area contributed by atoms with Crippen molar-refractivity contribution < 1.29 is 19.2 Å². The molecule has 37 heavy (non-hydrogen) atoms. The molecule has 3 rings (SSSR count). The van der Waals surface area contributed by atoms with Gasteiger partial charge >= 0.3 is 0 Å². The summed E-state index contributed by atoms with van der Waals surface area (Å²) in [5.74, 6) is -1.19. The summed E-state index contributed by atoms with van der Waals surface area (Å²) in [6.45, 7) is 14.5. The standard InChI is InChI=1S/C27H44N6O4/c1-25(2,3)20(31-24(37)27(6,7)32(8)9)23(36)33-14-17-18(26(17,4)5)19(33)22(35)30-16(13-28)12-15-10-11-29-21(15)34/h15-20H,10-12,14H2,1-9H3,(H,29,34)(H,30,35)(H,31,37)/t15-,16-,17-,18-,19-,20+/m0/s1. The van der Waals surface area contributed by atoms with Gasteiger partial charge in [-0.3, -0.25) is 24.1 Å². The van der Waals surface area contributed by atoms with E-state index in [0.717, 1.165) is 0 Å². The molecule has 3 fully saturated rings. The van der Waals surface area contributed by atoms with E-state index >= 15 is 0 Å². The number of nitriles is 1. The lowest BCUT2D eigenvalue weighted by molar-refractivity contribution is -0.147. The van der Waals surface area contributed by atoms with Crippen LogP contribution in [0, 0.1) is 39.9 Å². The molecular weight excluding hydrogens is 472 g/mol. The molecule has 2 aliphatic heterocycles. The smallest absolute Gasteiger partial charge is 0.246 e. The number of likely N-dealkylation sites (tertiary alicyclic amines) is 1. The Morgan fingerprint density at radius 1 is 1.19 bits per heavy atom. The minimum atomic E-state index is -0.831. The van der Waals surface area contributed by atoms with E-state index in [1.54, 1.807) is 23.6 Å². The molecule has 2 heterocycles. The number of carbonyl (C=O) groups excluding carboxylic acids is 4. The Hall–Kier alpha value is -2.67. The van der Waals surface area contributed by atoms with Crippen molar-refractivity contribution in [3.63, 3.8) is 0 Å². The number of nitrogens with one attached hydrogen (secondary N) is 3. The monoisotopic (exact) mass is 516 g/mol. The summed E-state index contributed by atoms with van der Waals surface area (Å²) in [5.41, 5.74) is -1.52. The Kier molecular flexibility index (Phi) is 7.73. The summed E-state index contributed by atoms with van der Waals surface area (Å²) in [6, 6.07) is -0.262. The molecule has 206 valence electrons. The number of likely N-dealkylation sites (N-methyl/N-ethyl adjacent to an activating group) is 1. The second kappa shape index (κ2) is 9.90. The SMILES string of the molecule is CN(C)C(C)(C)C(=O)N[C@H](C(=O)N1C[C@H]2[C@@H]([C@H]1C(=O)N[C@H](C#N)C[C@@H]1CCNC1=O)C2(C)C)C(C)(C)C. The number of carbonyl (C=O) groups is 4. The molecule has 3 aliphatic rings. The van der Waals surface area contributed by atoms with Crippen molar-refractivity contribution in [3.05, 3.63) is 0 Å². The Bertz CT molecular complexity index is 992. The Morgan fingerprint density at radius 3 is 2.30 bits per heavy atom. The van der Waals surface area contributed by atoms with Crippen LogP contribution in [0.25, 0.3) is 0 Å². The van der Waals surface area contributed by atoms with Gasteiger partial charge in [0.05, 0.1) is 11.6 Å². The summed E-state index contributed by atoms with van der Waals surface area (Å²) in [7, 11) is 3.62. The van der Waals surface area contributed by atoms with Gasteiger partial charge < -0.3 is 20.9 Å². The lowest BCUT2D eigenvalue weighted by atomic mass is 9.84. The van der Waals surface area contributed by atoms with Crippen LogP contribution in [0.4, 0.5) is 0 Å². The van der Waals surface area contributed by atoms with Gasteiger partial charge in [0.1, 0.15) is 18.1 Å². The lowest BCUT2D eigenvalue weighted by Crippen LogP contribution is -2.63. The van der Waals surface area contributed by atoms with E-state index in [0.29, 0.717) is 19.5 Å². The third-order valence-electron chi connectivity index (χ3n) is 8.98. The molecule has 3 N–H and O–H groups in total. The maximum absolute atomic E-state index is 14.0. The summed E-state index contributed by atoms with van der Waals surface area (Å²) in [4.78, 5) is 56.2. The third kappa shape index (κ3) is 5.47. The van der Waals surface area contributed by atoms with Crippen molar-refractivity contribution in [3.8, 4) is 6.07 Å². The van der Waals surface area contributed by atoms with E-state index in [9.17, 15) is 24.4 Å². The molecular formula is C27H44N6O4. The van der Waals surface area contributed by atoms with Crippen LogP contribution in [-0.2, 0) is 19.2 Å². The Labute approximate surface area is 220 Å². The minimum absolute atomic E-state index is 0.0277. The molecule has 0 unspecified atom stereocenters. The van der Waals surface area contributed by atoms with E-state index in [1.165, 1.54) is 0 Å². The molecule has 0 aromatic rings. The van der Waals surface area contributed by atoms with Crippen LogP contribution in [-0.4, -0.2) is 84.3 Å². The first-order valence-electron chi connectivity index (χ1n) is 13.2. The van der Waals surface area contributed by atoms with Gasteiger partial charge in [-0.1, -0.05) is 34.6 Å². The summed E-state index contributed by atoms with van der Waals surface area (Å²) >= 11 is 0. The first kappa shape index (κ1) is 28.9. The summed E-state index contributed by atoms with van der Waals surface area (Å²) in [5, 5.41) is 18.3. The van der Waals surface area contributed by atoms with E-state index in [2.05, 4.69) is 35.9 Å². The van der Waals surface area contributed by atoms with Crippen molar-refractivity contribution in [2.75, 3.05) is 27.2 Å². The number of nitrogens with zero attached hydrogens (tertiary/aromatic N) is 3. The molecule has 4 amide bonds. The highest BCUT2D eigenvalue weighted by Crippen LogP contribution is 2.65. The van der Waals surface area contributed by atoms with Gasteiger partial charge in [0.2, 0.25) is 23.6 Å². The fourth-order valence-electron chi connectivity index (χ4n) is 5.69. The topological polar surface area (TPSA) is 135 Å². The van der Waals surface area contributed by atoms with Crippen LogP contribution in [0.2, 0.25) is 0 Å². The lowest BCUT2D eigenvalue weighted by Gasteiger charge is -2.40. The van der Waals surface area contributed by atoms with E-state index in [-0.39, 0.29) is 53.2 Å². The maximum Gasteiger partial charge on any atom is 0.246 e. The van der Waals surface area contributed by atoms with E-state index in [4.69, 9.17) is 0 Å². The van der Waals surface area contributed by atoms with Gasteiger partial charge in [-0.15, -0.1) is 0 Å². The van der Waals surface area contributed by atoms with Gasteiger partial charge in [0.25, 0.3) is 0 Å². The van der Waals surface area contributed by atoms with E-state index in [1.807, 2.05) is 34.9 Å². The number of rotatable bonds is 8. The highest BCUT2D eigenvalue weighted by Gasteiger charge is 2.69. The number of fused-ring (bicyclic) bond motifs is 1. The first-order valence-corrected chi connectivity index (χ1v) is 13.2. The molecule has 0 aromatic carbocycles. The molecule has 2 saturated heterocycles. The van der Waals surface area contributed by atoms with Crippen molar-refractivity contribution in [2.45, 2.75) is 85.0 Å². The molecule has 0 bridgehead atoms. The van der Waals surface area contributed by atoms with Gasteiger partial charge in [0.15, 0.2) is 0 Å². The molecule has 6 atom stereocenters. The minimum Gasteiger partial charge on any atom is -0.356 e. The van der Waals surface area contributed by atoms with Gasteiger partial charge in [0, 0.05) is 19.0 Å².